The molecule has 0 bridgehead atoms. The Bertz CT molecular complexity index is 145. The second-order valence-corrected chi connectivity index (χ2v) is 2.16. The average Bonchev–Trinajstić information content (AvgIpc) is 2.16. The van der Waals surface area contributed by atoms with Crippen LogP contribution in [0.25, 0.3) is 0 Å². The van der Waals surface area contributed by atoms with Gasteiger partial charge >= 0.3 is 5.97 Å². The molecule has 0 saturated carbocycles. The molecule has 0 aromatic rings. The Labute approximate surface area is 86.7 Å². The van der Waals surface area contributed by atoms with Crippen LogP contribution in [-0.4, -0.2) is 32.2 Å². The van der Waals surface area contributed by atoms with Crippen LogP contribution in [0.3, 0.4) is 0 Å². The first-order valence-electron chi connectivity index (χ1n) is 4.30. The van der Waals surface area contributed by atoms with Crippen molar-refractivity contribution in [3.05, 3.63) is 24.9 Å². The predicted octanol–water partition coefficient (Wildman–Crippen LogP) is 1.22. The van der Waals surface area contributed by atoms with E-state index in [0.717, 1.165) is 0 Å². The van der Waals surface area contributed by atoms with E-state index in [1.54, 1.807) is 25.3 Å². The highest BCUT2D eigenvalue weighted by molar-refractivity contribution is 5.68. The molecule has 0 aliphatic heterocycles. The van der Waals surface area contributed by atoms with Gasteiger partial charge in [-0.15, -0.1) is 0 Å². The molecule has 0 aliphatic carbocycles. The van der Waals surface area contributed by atoms with Crippen molar-refractivity contribution in [2.24, 2.45) is 0 Å². The summed E-state index contributed by atoms with van der Waals surface area (Å²) in [5, 5.41) is 13.4. The number of carboxylic acid groups (broad SMARTS) is 1. The number of carbonyl (C=O) groups is 1. The summed E-state index contributed by atoms with van der Waals surface area (Å²) in [6, 6.07) is 0. The second-order valence-electron chi connectivity index (χ2n) is 2.16. The van der Waals surface area contributed by atoms with Crippen LogP contribution in [0.5, 0.6) is 0 Å². The molecule has 0 aliphatic rings. The Balaban J connectivity index is -0.000000147. The van der Waals surface area contributed by atoms with Crippen molar-refractivity contribution in [2.45, 2.75) is 13.3 Å². The summed E-state index contributed by atoms with van der Waals surface area (Å²) in [7, 11) is 5.56. The van der Waals surface area contributed by atoms with Crippen LogP contribution in [-0.2, 0) is 4.79 Å². The molecule has 0 saturated heterocycles. The summed E-state index contributed by atoms with van der Waals surface area (Å²) >= 11 is 0. The number of nitrogens with one attached hydrogen (secondary N) is 2. The Kier molecular flexibility index (Phi) is 29.8. The fourth-order valence-electron chi connectivity index (χ4n) is 0.219. The molecule has 0 heterocycles. The van der Waals surface area contributed by atoms with E-state index >= 15 is 0 Å². The first-order chi connectivity index (χ1) is 6.60. The Morgan fingerprint density at radius 2 is 1.79 bits per heavy atom. The Hall–Kier alpha value is -1.29. The topological polar surface area (TPSA) is 61.4 Å². The monoisotopic (exact) mass is 202 g/mol. The smallest absolute Gasteiger partial charge is 0.307 e. The standard InChI is InChI=1S/C5H8O2.C3H7N.C2H7N/c1-2-3-4-5(6)7;1-3-4-2;1-3-2/h2-3H,4H2,1H3,(H,6,7);3-4H,1H2,2H3;3H,1-2H3/b3-2+;;. The van der Waals surface area contributed by atoms with Gasteiger partial charge in [0.25, 0.3) is 0 Å². The molecule has 0 atom stereocenters. The van der Waals surface area contributed by atoms with E-state index in [0.29, 0.717) is 0 Å². The van der Waals surface area contributed by atoms with E-state index in [2.05, 4.69) is 17.2 Å². The molecule has 0 fully saturated rings. The second kappa shape index (κ2) is 22.6. The van der Waals surface area contributed by atoms with Crippen LogP contribution in [0, 0.1) is 0 Å². The van der Waals surface area contributed by atoms with Crippen LogP contribution in [0.15, 0.2) is 24.9 Å². The van der Waals surface area contributed by atoms with E-state index in [1.807, 2.05) is 21.1 Å². The molecule has 0 spiro atoms. The quantitative estimate of drug-likeness (QED) is 0.602. The van der Waals surface area contributed by atoms with Gasteiger partial charge in [-0.25, -0.2) is 0 Å². The summed E-state index contributed by atoms with van der Waals surface area (Å²) in [5.74, 6) is -0.780. The van der Waals surface area contributed by atoms with Crippen molar-refractivity contribution in [3.63, 3.8) is 0 Å². The summed E-state index contributed by atoms with van der Waals surface area (Å²) in [6.07, 6.45) is 5.08. The van der Waals surface area contributed by atoms with Crippen molar-refractivity contribution in [3.8, 4) is 0 Å². The highest BCUT2D eigenvalue weighted by Gasteiger charge is 1.85. The molecule has 84 valence electrons. The van der Waals surface area contributed by atoms with Crippen LogP contribution in [0.4, 0.5) is 0 Å². The van der Waals surface area contributed by atoms with Gasteiger partial charge in [0.1, 0.15) is 0 Å². The van der Waals surface area contributed by atoms with Gasteiger partial charge < -0.3 is 15.7 Å². The third-order valence-electron chi connectivity index (χ3n) is 0.732. The lowest BCUT2D eigenvalue weighted by Gasteiger charge is -1.77. The highest BCUT2D eigenvalue weighted by Crippen LogP contribution is 1.79. The van der Waals surface area contributed by atoms with Gasteiger partial charge in [-0.2, -0.15) is 0 Å². The minimum Gasteiger partial charge on any atom is -0.481 e. The largest absolute Gasteiger partial charge is 0.481 e. The zero-order valence-corrected chi connectivity index (χ0v) is 9.50. The lowest BCUT2D eigenvalue weighted by molar-refractivity contribution is -0.136. The van der Waals surface area contributed by atoms with Gasteiger partial charge in [-0.05, 0) is 27.2 Å². The zero-order chi connectivity index (χ0) is 11.8. The zero-order valence-electron chi connectivity index (χ0n) is 9.50. The minimum atomic E-state index is -0.780. The SMILES string of the molecule is C/C=C/CC(=O)O.C=CNC.CNC. The number of aliphatic carboxylic acids is 1. The van der Waals surface area contributed by atoms with E-state index in [4.69, 9.17) is 5.11 Å². The summed E-state index contributed by atoms with van der Waals surface area (Å²) in [6.45, 7) is 5.16. The van der Waals surface area contributed by atoms with Gasteiger partial charge in [0.15, 0.2) is 0 Å². The third-order valence-corrected chi connectivity index (χ3v) is 0.732. The van der Waals surface area contributed by atoms with Crippen LogP contribution in [0.1, 0.15) is 13.3 Å². The molecular formula is C10H22N2O2. The molecule has 0 radical (unpaired) electrons. The van der Waals surface area contributed by atoms with Gasteiger partial charge in [0, 0.05) is 7.05 Å². The number of allylic oxidation sites excluding steroid dienone is 1. The minimum absolute atomic E-state index is 0.135. The lowest BCUT2D eigenvalue weighted by Crippen LogP contribution is -1.89. The molecule has 0 aromatic heterocycles. The van der Waals surface area contributed by atoms with Crippen molar-refractivity contribution in [1.82, 2.24) is 10.6 Å². The van der Waals surface area contributed by atoms with E-state index in [1.165, 1.54) is 0 Å². The fraction of sp³-hybridized carbons (Fsp3) is 0.500. The molecule has 0 rings (SSSR count). The van der Waals surface area contributed by atoms with Gasteiger partial charge in [0.05, 0.1) is 6.42 Å². The van der Waals surface area contributed by atoms with E-state index in [-0.39, 0.29) is 6.42 Å². The normalized spacial score (nSPS) is 7.71. The predicted molar refractivity (Wildman–Crippen MR) is 61.3 cm³/mol. The first-order valence-corrected chi connectivity index (χ1v) is 4.30. The van der Waals surface area contributed by atoms with Crippen LogP contribution < -0.4 is 10.6 Å². The van der Waals surface area contributed by atoms with Crippen molar-refractivity contribution in [2.75, 3.05) is 21.1 Å². The van der Waals surface area contributed by atoms with Crippen molar-refractivity contribution in [1.29, 1.82) is 0 Å². The molecule has 3 N–H and O–H groups in total. The number of hydrogen-bond acceptors (Lipinski definition) is 3. The maximum atomic E-state index is 9.71. The number of rotatable bonds is 3. The van der Waals surface area contributed by atoms with Gasteiger partial charge in [-0.3, -0.25) is 4.79 Å². The van der Waals surface area contributed by atoms with Gasteiger partial charge in [-0.1, -0.05) is 18.7 Å². The summed E-state index contributed by atoms with van der Waals surface area (Å²) < 4.78 is 0. The van der Waals surface area contributed by atoms with E-state index in [9.17, 15) is 4.79 Å². The summed E-state index contributed by atoms with van der Waals surface area (Å²) in [4.78, 5) is 9.71. The lowest BCUT2D eigenvalue weighted by atomic mass is 10.4. The third kappa shape index (κ3) is 73.4. The number of hydrogen-bond donors (Lipinski definition) is 3. The maximum Gasteiger partial charge on any atom is 0.307 e. The fourth-order valence-corrected chi connectivity index (χ4v) is 0.219. The first kappa shape index (κ1) is 18.5. The van der Waals surface area contributed by atoms with Crippen molar-refractivity contribution < 1.29 is 9.90 Å². The molecule has 14 heavy (non-hydrogen) atoms. The molecule has 4 nitrogen and oxygen atoms in total. The highest BCUT2D eigenvalue weighted by atomic mass is 16.4. The van der Waals surface area contributed by atoms with E-state index < -0.39 is 5.97 Å². The Morgan fingerprint density at radius 3 is 1.86 bits per heavy atom. The number of carboxylic acids is 1. The molecular weight excluding hydrogens is 180 g/mol. The van der Waals surface area contributed by atoms with Gasteiger partial charge in [0.2, 0.25) is 0 Å². The molecule has 4 heteroatoms. The Morgan fingerprint density at radius 1 is 1.43 bits per heavy atom. The maximum absolute atomic E-state index is 9.71. The molecule has 0 amide bonds. The molecule has 0 aromatic carbocycles. The van der Waals surface area contributed by atoms with Crippen molar-refractivity contribution >= 4 is 5.97 Å². The summed E-state index contributed by atoms with van der Waals surface area (Å²) in [5.41, 5.74) is 0. The molecule has 0 unspecified atom stereocenters. The van der Waals surface area contributed by atoms with Crippen LogP contribution in [0.2, 0.25) is 0 Å². The van der Waals surface area contributed by atoms with Crippen LogP contribution >= 0.6 is 0 Å². The average molecular weight is 202 g/mol.